The van der Waals surface area contributed by atoms with Gasteiger partial charge in [0.15, 0.2) is 0 Å². The van der Waals surface area contributed by atoms with Crippen LogP contribution in [0.1, 0.15) is 13.8 Å². The van der Waals surface area contributed by atoms with Gasteiger partial charge in [0, 0.05) is 0 Å². The molecule has 3 nitrogen and oxygen atoms in total. The first-order valence-corrected chi connectivity index (χ1v) is 4.13. The Bertz CT molecular complexity index is 150. The molecular formula is C6H10O3S. The summed E-state index contributed by atoms with van der Waals surface area (Å²) < 4.78 is 20.4. The summed E-state index contributed by atoms with van der Waals surface area (Å²) in [6.07, 6.45) is 3.42. The normalized spacial score (nSPS) is 41.2. The molecule has 1 aliphatic rings. The Morgan fingerprint density at radius 2 is 1.60 bits per heavy atom. The highest BCUT2D eigenvalue weighted by molar-refractivity contribution is 7.75. The van der Waals surface area contributed by atoms with Gasteiger partial charge in [-0.25, -0.2) is 0 Å². The van der Waals surface area contributed by atoms with Gasteiger partial charge < -0.3 is 0 Å². The Labute approximate surface area is 62.9 Å². The molecule has 1 heterocycles. The van der Waals surface area contributed by atoms with Crippen LogP contribution < -0.4 is 0 Å². The fourth-order valence-corrected chi connectivity index (χ4v) is 1.32. The molecule has 3 atom stereocenters. The van der Waals surface area contributed by atoms with Crippen molar-refractivity contribution in [3.05, 3.63) is 12.2 Å². The summed E-state index contributed by atoms with van der Waals surface area (Å²) in [4.78, 5) is 0. The molecule has 1 rings (SSSR count). The van der Waals surface area contributed by atoms with Crippen LogP contribution in [-0.2, 0) is 19.7 Å². The number of hydrogen-bond donors (Lipinski definition) is 0. The zero-order chi connectivity index (χ0) is 7.56. The second kappa shape index (κ2) is 3.27. The van der Waals surface area contributed by atoms with E-state index < -0.39 is 11.4 Å². The third-order valence-electron chi connectivity index (χ3n) is 1.11. The van der Waals surface area contributed by atoms with Crippen molar-refractivity contribution in [2.45, 2.75) is 26.1 Å². The molecule has 0 radical (unpaired) electrons. The minimum Gasteiger partial charge on any atom is -0.261 e. The van der Waals surface area contributed by atoms with E-state index in [1.54, 1.807) is 0 Å². The van der Waals surface area contributed by atoms with Crippen molar-refractivity contribution in [2.24, 2.45) is 0 Å². The van der Waals surface area contributed by atoms with Crippen LogP contribution in [0.4, 0.5) is 0 Å². The van der Waals surface area contributed by atoms with Gasteiger partial charge in [-0.05, 0) is 13.8 Å². The summed E-state index contributed by atoms with van der Waals surface area (Å²) in [6, 6.07) is 0. The molecule has 0 fully saturated rings. The predicted molar refractivity (Wildman–Crippen MR) is 38.4 cm³/mol. The van der Waals surface area contributed by atoms with Gasteiger partial charge in [-0.3, -0.25) is 8.37 Å². The van der Waals surface area contributed by atoms with Crippen molar-refractivity contribution < 1.29 is 12.6 Å². The fraction of sp³-hybridized carbons (Fsp3) is 0.667. The van der Waals surface area contributed by atoms with Crippen molar-refractivity contribution in [3.63, 3.8) is 0 Å². The van der Waals surface area contributed by atoms with Crippen LogP contribution >= 0.6 is 0 Å². The quantitative estimate of drug-likeness (QED) is 0.497. The van der Waals surface area contributed by atoms with Crippen molar-refractivity contribution in [3.8, 4) is 0 Å². The molecule has 0 aliphatic carbocycles. The Hall–Kier alpha value is -0.190. The molecule has 0 aromatic rings. The largest absolute Gasteiger partial charge is 0.305 e. The Kier molecular flexibility index (Phi) is 2.59. The average Bonchev–Trinajstić information content (AvgIpc) is 1.93. The summed E-state index contributed by atoms with van der Waals surface area (Å²) in [5.74, 6) is 0. The third kappa shape index (κ3) is 2.21. The molecule has 0 N–H and O–H groups in total. The maximum absolute atomic E-state index is 10.7. The third-order valence-corrected chi connectivity index (χ3v) is 2.04. The van der Waals surface area contributed by atoms with Crippen LogP contribution in [0.5, 0.6) is 0 Å². The van der Waals surface area contributed by atoms with E-state index in [0.29, 0.717) is 0 Å². The van der Waals surface area contributed by atoms with Crippen molar-refractivity contribution in [2.75, 3.05) is 0 Å². The lowest BCUT2D eigenvalue weighted by atomic mass is 10.3. The highest BCUT2D eigenvalue weighted by Gasteiger charge is 2.13. The van der Waals surface area contributed by atoms with Crippen molar-refractivity contribution in [1.29, 1.82) is 0 Å². The molecule has 58 valence electrons. The van der Waals surface area contributed by atoms with Gasteiger partial charge in [0.2, 0.25) is 0 Å². The van der Waals surface area contributed by atoms with Crippen LogP contribution in [0, 0.1) is 0 Å². The zero-order valence-electron chi connectivity index (χ0n) is 5.94. The topological polar surface area (TPSA) is 35.5 Å². The lowest BCUT2D eigenvalue weighted by Gasteiger charge is -2.03. The number of hydrogen-bond acceptors (Lipinski definition) is 3. The summed E-state index contributed by atoms with van der Waals surface area (Å²) in [5, 5.41) is 0. The summed E-state index contributed by atoms with van der Waals surface area (Å²) >= 11 is -1.58. The Morgan fingerprint density at radius 1 is 1.20 bits per heavy atom. The van der Waals surface area contributed by atoms with Crippen LogP contribution in [0.15, 0.2) is 12.2 Å². The molecule has 4 heteroatoms. The van der Waals surface area contributed by atoms with Gasteiger partial charge >= 0.3 is 11.4 Å². The van der Waals surface area contributed by atoms with Gasteiger partial charge in [0.05, 0.1) is 12.2 Å². The van der Waals surface area contributed by atoms with E-state index in [4.69, 9.17) is 8.37 Å². The Morgan fingerprint density at radius 3 is 2.00 bits per heavy atom. The smallest absolute Gasteiger partial charge is 0.261 e. The van der Waals surface area contributed by atoms with Gasteiger partial charge in [0.1, 0.15) is 0 Å². The van der Waals surface area contributed by atoms with E-state index in [-0.39, 0.29) is 12.2 Å². The molecule has 0 bridgehead atoms. The molecule has 10 heavy (non-hydrogen) atoms. The van der Waals surface area contributed by atoms with Crippen LogP contribution in [0.25, 0.3) is 0 Å². The zero-order valence-corrected chi connectivity index (χ0v) is 6.76. The van der Waals surface area contributed by atoms with Crippen LogP contribution in [0.3, 0.4) is 0 Å². The summed E-state index contributed by atoms with van der Waals surface area (Å²) in [6.45, 7) is 3.63. The standard InChI is InChI=1S/C6H10O3S/c1-5-3-4-6(2)9-10(7)8-5/h3-6H,1-2H3/t5-,6+,10?. The van der Waals surface area contributed by atoms with Gasteiger partial charge in [-0.2, -0.15) is 4.21 Å². The van der Waals surface area contributed by atoms with E-state index in [0.717, 1.165) is 0 Å². The summed E-state index contributed by atoms with van der Waals surface area (Å²) in [5.41, 5.74) is 0. The first kappa shape index (κ1) is 7.91. The van der Waals surface area contributed by atoms with Crippen molar-refractivity contribution >= 4 is 11.4 Å². The molecule has 0 saturated carbocycles. The second-order valence-electron chi connectivity index (χ2n) is 2.19. The SMILES string of the molecule is C[C@@H]1C=C[C@H](C)OS(=O)O1. The van der Waals surface area contributed by atoms with E-state index >= 15 is 0 Å². The predicted octanol–water partition coefficient (Wildman–Crippen LogP) is 0.945. The monoisotopic (exact) mass is 162 g/mol. The first-order chi connectivity index (χ1) is 4.68. The van der Waals surface area contributed by atoms with E-state index in [1.165, 1.54) is 0 Å². The Balaban J connectivity index is 2.60. The van der Waals surface area contributed by atoms with Crippen LogP contribution in [0.2, 0.25) is 0 Å². The molecule has 0 spiro atoms. The van der Waals surface area contributed by atoms with E-state index in [9.17, 15) is 4.21 Å². The molecule has 1 unspecified atom stereocenters. The van der Waals surface area contributed by atoms with Gasteiger partial charge in [0.25, 0.3) is 0 Å². The lowest BCUT2D eigenvalue weighted by Crippen LogP contribution is -2.09. The maximum Gasteiger partial charge on any atom is 0.305 e. The maximum atomic E-state index is 10.7. The molecule has 1 aliphatic heterocycles. The average molecular weight is 162 g/mol. The van der Waals surface area contributed by atoms with Crippen LogP contribution in [-0.4, -0.2) is 16.4 Å². The molecule has 0 aromatic carbocycles. The molecule has 0 aromatic heterocycles. The molecule has 0 saturated heterocycles. The molecular weight excluding hydrogens is 152 g/mol. The molecule has 0 amide bonds. The lowest BCUT2D eigenvalue weighted by molar-refractivity contribution is 0.219. The highest BCUT2D eigenvalue weighted by atomic mass is 32.2. The van der Waals surface area contributed by atoms with Crippen molar-refractivity contribution in [1.82, 2.24) is 0 Å². The minimum absolute atomic E-state index is 0.120. The minimum atomic E-state index is -1.58. The van der Waals surface area contributed by atoms with E-state index in [2.05, 4.69) is 0 Å². The second-order valence-corrected chi connectivity index (χ2v) is 2.98. The van der Waals surface area contributed by atoms with Gasteiger partial charge in [-0.15, -0.1) is 0 Å². The number of rotatable bonds is 0. The fourth-order valence-electron chi connectivity index (χ4n) is 0.648. The van der Waals surface area contributed by atoms with Gasteiger partial charge in [-0.1, -0.05) is 12.2 Å². The summed E-state index contributed by atoms with van der Waals surface area (Å²) in [7, 11) is 0. The first-order valence-electron chi connectivity index (χ1n) is 3.13. The highest BCUT2D eigenvalue weighted by Crippen LogP contribution is 2.08. The van der Waals surface area contributed by atoms with E-state index in [1.807, 2.05) is 26.0 Å².